The van der Waals surface area contributed by atoms with Crippen molar-refractivity contribution in [2.45, 2.75) is 0 Å². The van der Waals surface area contributed by atoms with Gasteiger partial charge in [-0.2, -0.15) is 0 Å². The Kier molecular flexibility index (Phi) is 6.56. The fourth-order valence-corrected chi connectivity index (χ4v) is 10.7. The average molecular weight is 774 g/mol. The number of rotatable bonds is 4. The minimum absolute atomic E-state index is 1.15. The molecule has 61 heavy (non-hydrogen) atoms. The zero-order valence-electron chi connectivity index (χ0n) is 33.0. The van der Waals surface area contributed by atoms with Gasteiger partial charge in [0.15, 0.2) is 0 Å². The molecule has 0 saturated carbocycles. The van der Waals surface area contributed by atoms with Crippen LogP contribution in [0.5, 0.6) is 0 Å². The number of nitrogens with zero attached hydrogens (tertiary/aromatic N) is 3. The van der Waals surface area contributed by atoms with E-state index in [2.05, 4.69) is 226 Å². The maximum absolute atomic E-state index is 2.44. The highest BCUT2D eigenvalue weighted by atomic mass is 15.0. The second-order valence-electron chi connectivity index (χ2n) is 16.5. The standard InChI is InChI=1S/C58H35N3/c1-2-14-43-42(13-1)48-19-11-12-37-32-38(33-51(43)58(37)48)36-24-26-39(27-25-36)59-54-22-9-5-17-46(54)49-35-41(28-30-56(49)59)61-55-23-10-6-18-47(55)50-34-40(29-31-57(50)61)60-52-20-7-3-15-44(52)45-16-4-8-21-53(45)60/h1-35H. The van der Waals surface area contributed by atoms with Crippen LogP contribution >= 0.6 is 0 Å². The molecule has 0 bridgehead atoms. The van der Waals surface area contributed by atoms with Crippen LogP contribution in [0.2, 0.25) is 0 Å². The molecule has 3 heteroatoms. The van der Waals surface area contributed by atoms with Gasteiger partial charge >= 0.3 is 0 Å². The van der Waals surface area contributed by atoms with Gasteiger partial charge in [-0.25, -0.2) is 0 Å². The first-order chi connectivity index (χ1) is 30.3. The number of aromatic nitrogens is 3. The highest BCUT2D eigenvalue weighted by molar-refractivity contribution is 6.17. The van der Waals surface area contributed by atoms with Gasteiger partial charge in [0, 0.05) is 49.4 Å². The normalized spacial score (nSPS) is 12.3. The molecule has 3 aromatic heterocycles. The first kappa shape index (κ1) is 32.8. The quantitative estimate of drug-likeness (QED) is 0.169. The Morgan fingerprint density at radius 1 is 0.230 bits per heavy atom. The van der Waals surface area contributed by atoms with E-state index in [1.54, 1.807) is 0 Å². The van der Waals surface area contributed by atoms with E-state index in [-0.39, 0.29) is 0 Å². The van der Waals surface area contributed by atoms with Crippen LogP contribution in [0.4, 0.5) is 0 Å². The summed E-state index contributed by atoms with van der Waals surface area (Å²) in [7, 11) is 0. The van der Waals surface area contributed by atoms with Crippen LogP contribution in [-0.2, 0) is 0 Å². The number of para-hydroxylation sites is 4. The molecule has 3 heterocycles. The lowest BCUT2D eigenvalue weighted by Gasteiger charge is -2.12. The van der Waals surface area contributed by atoms with Crippen LogP contribution in [0.1, 0.15) is 0 Å². The van der Waals surface area contributed by atoms with Crippen molar-refractivity contribution in [2.75, 3.05) is 0 Å². The van der Waals surface area contributed by atoms with Crippen molar-refractivity contribution < 1.29 is 0 Å². The van der Waals surface area contributed by atoms with Crippen LogP contribution in [0, 0.1) is 0 Å². The Morgan fingerprint density at radius 2 is 0.639 bits per heavy atom. The molecular formula is C58H35N3. The van der Waals surface area contributed by atoms with E-state index >= 15 is 0 Å². The van der Waals surface area contributed by atoms with Gasteiger partial charge in [-0.1, -0.05) is 127 Å². The van der Waals surface area contributed by atoms with Gasteiger partial charge in [0.25, 0.3) is 0 Å². The summed E-state index contributed by atoms with van der Waals surface area (Å²) in [5, 5.41) is 10.1. The fraction of sp³-hybridized carbons (Fsp3) is 0. The molecule has 14 rings (SSSR count). The molecule has 0 radical (unpaired) electrons. The molecule has 282 valence electrons. The molecule has 0 fully saturated rings. The third-order valence-electron chi connectivity index (χ3n) is 13.4. The summed E-state index contributed by atoms with van der Waals surface area (Å²) in [4.78, 5) is 0. The Bertz CT molecular complexity index is 3930. The topological polar surface area (TPSA) is 14.8 Å². The Morgan fingerprint density at radius 3 is 1.18 bits per heavy atom. The number of benzene rings is 10. The van der Waals surface area contributed by atoms with E-state index in [1.807, 2.05) is 0 Å². The lowest BCUT2D eigenvalue weighted by molar-refractivity contribution is 1.16. The highest BCUT2D eigenvalue weighted by Gasteiger charge is 2.22. The monoisotopic (exact) mass is 773 g/mol. The lowest BCUT2D eigenvalue weighted by atomic mass is 9.96. The Hall–Kier alpha value is -8.14. The predicted molar refractivity (Wildman–Crippen MR) is 257 cm³/mol. The third-order valence-corrected chi connectivity index (χ3v) is 13.4. The average Bonchev–Trinajstić information content (AvgIpc) is 4.05. The highest BCUT2D eigenvalue weighted by Crippen LogP contribution is 2.49. The van der Waals surface area contributed by atoms with Gasteiger partial charge in [-0.05, 0) is 129 Å². The second kappa shape index (κ2) is 12.2. The lowest BCUT2D eigenvalue weighted by Crippen LogP contribution is -1.96. The summed E-state index contributed by atoms with van der Waals surface area (Å²) in [6.45, 7) is 0. The minimum Gasteiger partial charge on any atom is -0.309 e. The van der Waals surface area contributed by atoms with E-state index in [4.69, 9.17) is 0 Å². The van der Waals surface area contributed by atoms with E-state index in [1.165, 1.54) is 110 Å². The van der Waals surface area contributed by atoms with Crippen molar-refractivity contribution in [3.63, 3.8) is 0 Å². The molecule has 0 aliphatic heterocycles. The van der Waals surface area contributed by atoms with Crippen LogP contribution in [0.15, 0.2) is 212 Å². The van der Waals surface area contributed by atoms with E-state index in [0.29, 0.717) is 0 Å². The van der Waals surface area contributed by atoms with Crippen LogP contribution in [0.25, 0.3) is 127 Å². The van der Waals surface area contributed by atoms with Crippen LogP contribution in [-0.4, -0.2) is 13.7 Å². The van der Waals surface area contributed by atoms with Crippen LogP contribution < -0.4 is 0 Å². The summed E-state index contributed by atoms with van der Waals surface area (Å²) >= 11 is 0. The molecule has 0 spiro atoms. The van der Waals surface area contributed by atoms with Gasteiger partial charge < -0.3 is 13.7 Å². The summed E-state index contributed by atoms with van der Waals surface area (Å²) in [5.74, 6) is 0. The summed E-state index contributed by atoms with van der Waals surface area (Å²) < 4.78 is 7.27. The van der Waals surface area contributed by atoms with E-state index in [0.717, 1.165) is 17.1 Å². The maximum Gasteiger partial charge on any atom is 0.0542 e. The predicted octanol–water partition coefficient (Wildman–Crippen LogP) is 15.4. The van der Waals surface area contributed by atoms with Gasteiger partial charge in [-0.3, -0.25) is 0 Å². The fourth-order valence-electron chi connectivity index (χ4n) is 10.7. The first-order valence-corrected chi connectivity index (χ1v) is 21.1. The number of hydrogen-bond acceptors (Lipinski definition) is 0. The zero-order chi connectivity index (χ0) is 39.8. The van der Waals surface area contributed by atoms with Crippen molar-refractivity contribution in [1.29, 1.82) is 0 Å². The molecule has 0 N–H and O–H groups in total. The third kappa shape index (κ3) is 4.52. The smallest absolute Gasteiger partial charge is 0.0542 e. The van der Waals surface area contributed by atoms with Crippen molar-refractivity contribution in [2.24, 2.45) is 0 Å². The van der Waals surface area contributed by atoms with Crippen molar-refractivity contribution in [3.05, 3.63) is 212 Å². The first-order valence-electron chi connectivity index (χ1n) is 21.1. The Labute approximate surface area is 351 Å². The molecule has 0 atom stereocenters. The minimum atomic E-state index is 1.15. The van der Waals surface area contributed by atoms with Crippen molar-refractivity contribution in [3.8, 4) is 50.4 Å². The summed E-state index contributed by atoms with van der Waals surface area (Å²) in [6.07, 6.45) is 0. The molecule has 1 aliphatic rings. The molecule has 13 aromatic rings. The van der Waals surface area contributed by atoms with Crippen molar-refractivity contribution >= 4 is 76.2 Å². The molecule has 3 nitrogen and oxygen atoms in total. The molecule has 10 aromatic carbocycles. The van der Waals surface area contributed by atoms with Gasteiger partial charge in [0.1, 0.15) is 0 Å². The van der Waals surface area contributed by atoms with E-state index in [9.17, 15) is 0 Å². The molecule has 0 unspecified atom stereocenters. The zero-order valence-corrected chi connectivity index (χ0v) is 33.0. The second-order valence-corrected chi connectivity index (χ2v) is 16.5. The number of fused-ring (bicyclic) bond motifs is 12. The van der Waals surface area contributed by atoms with Gasteiger partial charge in [-0.15, -0.1) is 0 Å². The molecule has 0 saturated heterocycles. The largest absolute Gasteiger partial charge is 0.309 e. The molecule has 0 amide bonds. The SMILES string of the molecule is c1ccc2c(c1)-c1cccc3cc(-c4ccc(-n5c6ccccc6c6cc(-n7c8ccccc8c8cc(-n9c%10ccccc%10c%10ccccc%109)ccc87)ccc65)cc4)cc-2c13. The van der Waals surface area contributed by atoms with Gasteiger partial charge in [0.05, 0.1) is 33.1 Å². The number of hydrogen-bond donors (Lipinski definition) is 0. The van der Waals surface area contributed by atoms with E-state index < -0.39 is 0 Å². The Balaban J connectivity index is 0.904. The summed E-state index contributed by atoms with van der Waals surface area (Å²) in [6, 6.07) is 78.5. The molecule has 1 aliphatic carbocycles. The summed E-state index contributed by atoms with van der Waals surface area (Å²) in [5.41, 5.74) is 18.4. The molecular weight excluding hydrogens is 739 g/mol. The van der Waals surface area contributed by atoms with Crippen LogP contribution in [0.3, 0.4) is 0 Å². The van der Waals surface area contributed by atoms with Gasteiger partial charge in [0.2, 0.25) is 0 Å². The van der Waals surface area contributed by atoms with Crippen molar-refractivity contribution in [1.82, 2.24) is 13.7 Å². The maximum atomic E-state index is 2.44.